The number of hydrogen-bond donors (Lipinski definition) is 0. The molecule has 0 spiro atoms. The van der Waals surface area contributed by atoms with Crippen molar-refractivity contribution in [2.45, 2.75) is 25.3 Å². The van der Waals surface area contributed by atoms with Crippen LogP contribution < -0.4 is 0 Å². The second-order valence-corrected chi connectivity index (χ2v) is 5.88. The van der Waals surface area contributed by atoms with E-state index in [4.69, 9.17) is 0 Å². The molecule has 1 aliphatic rings. The van der Waals surface area contributed by atoms with Crippen LogP contribution in [0.3, 0.4) is 0 Å². The number of aromatic nitrogens is 3. The van der Waals surface area contributed by atoms with Gasteiger partial charge in [-0.05, 0) is 24.8 Å². The number of ether oxygens (including phenoxy) is 1. The molecule has 2 heterocycles. The van der Waals surface area contributed by atoms with Crippen molar-refractivity contribution < 1.29 is 9.53 Å². The van der Waals surface area contributed by atoms with E-state index in [9.17, 15) is 4.79 Å². The van der Waals surface area contributed by atoms with E-state index in [-0.39, 0.29) is 5.69 Å². The minimum atomic E-state index is -0.434. The predicted molar refractivity (Wildman–Crippen MR) is 86.2 cm³/mol. The zero-order valence-corrected chi connectivity index (χ0v) is 13.4. The summed E-state index contributed by atoms with van der Waals surface area (Å²) < 4.78 is 6.47. The Hall–Kier alpha value is -2.21. The lowest BCUT2D eigenvalue weighted by molar-refractivity contribution is 0.0594. The summed E-state index contributed by atoms with van der Waals surface area (Å²) in [6, 6.07) is 10.9. The Bertz CT molecular complexity index is 633. The van der Waals surface area contributed by atoms with Crippen molar-refractivity contribution in [3.05, 3.63) is 47.8 Å². The molecular formula is C17H22N4O2. The van der Waals surface area contributed by atoms with Gasteiger partial charge in [0.2, 0.25) is 0 Å². The first kappa shape index (κ1) is 15.7. The Morgan fingerprint density at radius 3 is 2.70 bits per heavy atom. The number of likely N-dealkylation sites (tertiary alicyclic amines) is 1. The summed E-state index contributed by atoms with van der Waals surface area (Å²) in [6.07, 6.45) is 4.83. The molecule has 6 nitrogen and oxygen atoms in total. The highest BCUT2D eigenvalue weighted by atomic mass is 16.5. The Balaban J connectivity index is 1.48. The van der Waals surface area contributed by atoms with E-state index < -0.39 is 5.97 Å². The molecule has 3 rings (SSSR count). The Labute approximate surface area is 136 Å². The van der Waals surface area contributed by atoms with Crippen LogP contribution in [0.2, 0.25) is 0 Å². The largest absolute Gasteiger partial charge is 0.464 e. The third-order valence-electron chi connectivity index (χ3n) is 4.40. The van der Waals surface area contributed by atoms with E-state index in [1.807, 2.05) is 0 Å². The highest BCUT2D eigenvalue weighted by Crippen LogP contribution is 2.22. The van der Waals surface area contributed by atoms with E-state index in [0.29, 0.717) is 6.04 Å². The average Bonchev–Trinajstić information content (AvgIpc) is 3.11. The van der Waals surface area contributed by atoms with Gasteiger partial charge in [0.1, 0.15) is 0 Å². The number of methoxy groups -OCH3 is 1. The van der Waals surface area contributed by atoms with Gasteiger partial charge in [-0.15, -0.1) is 5.10 Å². The molecular weight excluding hydrogens is 292 g/mol. The van der Waals surface area contributed by atoms with Gasteiger partial charge in [-0.2, -0.15) is 0 Å². The molecule has 0 N–H and O–H groups in total. The normalized spacial score (nSPS) is 16.4. The maximum atomic E-state index is 11.4. The van der Waals surface area contributed by atoms with Gasteiger partial charge in [-0.3, -0.25) is 0 Å². The van der Waals surface area contributed by atoms with Crippen molar-refractivity contribution in [3.8, 4) is 0 Å². The highest BCUT2D eigenvalue weighted by Gasteiger charge is 2.22. The van der Waals surface area contributed by atoms with Crippen molar-refractivity contribution in [2.75, 3.05) is 26.7 Å². The van der Waals surface area contributed by atoms with Crippen molar-refractivity contribution in [1.29, 1.82) is 0 Å². The standard InChI is InChI=1S/C17H22N4O2/c1-23-17(22)16-13-21(19-18-16)15-8-11-20(12-9-15)10-7-14-5-3-2-4-6-14/h2-6,13,15H,7-12H2,1H3. The first-order valence-electron chi connectivity index (χ1n) is 8.02. The third kappa shape index (κ3) is 3.96. The van der Waals surface area contributed by atoms with Gasteiger partial charge in [0.25, 0.3) is 0 Å². The molecule has 2 aromatic rings. The topological polar surface area (TPSA) is 60.2 Å². The summed E-state index contributed by atoms with van der Waals surface area (Å²) in [7, 11) is 1.35. The number of esters is 1. The van der Waals surface area contributed by atoms with E-state index in [2.05, 4.69) is 50.3 Å². The Kier molecular flexibility index (Phi) is 5.02. The van der Waals surface area contributed by atoms with Gasteiger partial charge in [0.15, 0.2) is 5.69 Å². The van der Waals surface area contributed by atoms with Crippen molar-refractivity contribution in [3.63, 3.8) is 0 Å². The third-order valence-corrected chi connectivity index (χ3v) is 4.40. The van der Waals surface area contributed by atoms with Gasteiger partial charge in [0, 0.05) is 19.6 Å². The molecule has 1 saturated heterocycles. The predicted octanol–water partition coefficient (Wildman–Crippen LogP) is 1.94. The van der Waals surface area contributed by atoms with Crippen molar-refractivity contribution >= 4 is 5.97 Å². The summed E-state index contributed by atoms with van der Waals surface area (Å²) in [5.74, 6) is -0.434. The summed E-state index contributed by atoms with van der Waals surface area (Å²) >= 11 is 0. The zero-order valence-electron chi connectivity index (χ0n) is 13.4. The average molecular weight is 314 g/mol. The number of piperidine rings is 1. The fourth-order valence-corrected chi connectivity index (χ4v) is 2.99. The number of carbonyl (C=O) groups is 1. The Morgan fingerprint density at radius 2 is 2.00 bits per heavy atom. The van der Waals surface area contributed by atoms with Crippen LogP contribution in [-0.2, 0) is 11.2 Å². The molecule has 0 saturated carbocycles. The van der Waals surface area contributed by atoms with Crippen LogP contribution in [0, 0.1) is 0 Å². The molecule has 1 aromatic heterocycles. The molecule has 0 radical (unpaired) electrons. The number of hydrogen-bond acceptors (Lipinski definition) is 5. The molecule has 122 valence electrons. The fraction of sp³-hybridized carbons (Fsp3) is 0.471. The molecule has 0 atom stereocenters. The number of rotatable bonds is 5. The molecule has 1 fully saturated rings. The second-order valence-electron chi connectivity index (χ2n) is 5.88. The van der Waals surface area contributed by atoms with Gasteiger partial charge in [-0.1, -0.05) is 35.5 Å². The lowest BCUT2D eigenvalue weighted by Crippen LogP contribution is -2.36. The fourth-order valence-electron chi connectivity index (χ4n) is 2.99. The molecule has 1 aromatic carbocycles. The lowest BCUT2D eigenvalue weighted by atomic mass is 10.0. The second kappa shape index (κ2) is 7.37. The summed E-state index contributed by atoms with van der Waals surface area (Å²) in [5.41, 5.74) is 1.66. The highest BCUT2D eigenvalue weighted by molar-refractivity contribution is 5.86. The first-order valence-corrected chi connectivity index (χ1v) is 8.02. The number of carbonyl (C=O) groups excluding carboxylic acids is 1. The zero-order chi connectivity index (χ0) is 16.1. The maximum Gasteiger partial charge on any atom is 0.360 e. The van der Waals surface area contributed by atoms with Gasteiger partial charge in [-0.25, -0.2) is 9.48 Å². The summed E-state index contributed by atoms with van der Waals surface area (Å²) in [6.45, 7) is 3.18. The van der Waals surface area contributed by atoms with Gasteiger partial charge >= 0.3 is 5.97 Å². The minimum absolute atomic E-state index is 0.277. The summed E-state index contributed by atoms with van der Waals surface area (Å²) in [5, 5.41) is 7.96. The lowest BCUT2D eigenvalue weighted by Gasteiger charge is -2.31. The van der Waals surface area contributed by atoms with E-state index in [1.165, 1.54) is 12.7 Å². The van der Waals surface area contributed by atoms with Crippen LogP contribution in [0.1, 0.15) is 34.9 Å². The van der Waals surface area contributed by atoms with Crippen molar-refractivity contribution in [1.82, 2.24) is 19.9 Å². The molecule has 23 heavy (non-hydrogen) atoms. The SMILES string of the molecule is COC(=O)c1cn(C2CCN(CCc3ccccc3)CC2)nn1. The smallest absolute Gasteiger partial charge is 0.360 e. The van der Waals surface area contributed by atoms with Gasteiger partial charge < -0.3 is 9.64 Å². The van der Waals surface area contributed by atoms with Crippen LogP contribution in [0.4, 0.5) is 0 Å². The van der Waals surface area contributed by atoms with Crippen LogP contribution in [-0.4, -0.2) is 52.6 Å². The molecule has 0 amide bonds. The number of benzene rings is 1. The molecule has 0 aliphatic carbocycles. The van der Waals surface area contributed by atoms with E-state index >= 15 is 0 Å². The van der Waals surface area contributed by atoms with E-state index in [0.717, 1.165) is 38.9 Å². The van der Waals surface area contributed by atoms with Gasteiger partial charge in [0.05, 0.1) is 19.3 Å². The monoisotopic (exact) mass is 314 g/mol. The Morgan fingerprint density at radius 1 is 1.26 bits per heavy atom. The molecule has 1 aliphatic heterocycles. The maximum absolute atomic E-state index is 11.4. The van der Waals surface area contributed by atoms with Crippen LogP contribution in [0.15, 0.2) is 36.5 Å². The van der Waals surface area contributed by atoms with Crippen LogP contribution >= 0.6 is 0 Å². The van der Waals surface area contributed by atoms with Crippen LogP contribution in [0.25, 0.3) is 0 Å². The quantitative estimate of drug-likeness (QED) is 0.789. The summed E-state index contributed by atoms with van der Waals surface area (Å²) in [4.78, 5) is 13.9. The minimum Gasteiger partial charge on any atom is -0.464 e. The number of nitrogens with zero attached hydrogens (tertiary/aromatic N) is 4. The van der Waals surface area contributed by atoms with Crippen LogP contribution in [0.5, 0.6) is 0 Å². The molecule has 6 heteroatoms. The van der Waals surface area contributed by atoms with Crippen molar-refractivity contribution in [2.24, 2.45) is 0 Å². The molecule has 0 bridgehead atoms. The molecule has 0 unspecified atom stereocenters. The first-order chi connectivity index (χ1) is 11.3. The van der Waals surface area contributed by atoms with E-state index in [1.54, 1.807) is 10.9 Å².